The fourth-order valence-corrected chi connectivity index (χ4v) is 2.48. The van der Waals surface area contributed by atoms with Crippen LogP contribution >= 0.6 is 11.6 Å². The van der Waals surface area contributed by atoms with Gasteiger partial charge in [-0.05, 0) is 29.8 Å². The maximum atomic E-state index is 12.5. The van der Waals surface area contributed by atoms with Crippen molar-refractivity contribution in [3.05, 3.63) is 52.6 Å². The second kappa shape index (κ2) is 8.44. The molecule has 0 aromatic heterocycles. The third-order valence-electron chi connectivity index (χ3n) is 3.54. The molecule has 0 saturated heterocycles. The molecule has 132 valence electrons. The number of benzene rings is 2. The minimum atomic E-state index is -0.247. The Labute approximate surface area is 151 Å². The molecule has 0 atom stereocenters. The van der Waals surface area contributed by atoms with E-state index in [4.69, 9.17) is 30.5 Å². The van der Waals surface area contributed by atoms with E-state index in [2.05, 4.69) is 0 Å². The summed E-state index contributed by atoms with van der Waals surface area (Å²) in [6, 6.07) is 8.45. The molecular weight excluding hydrogens is 344 g/mol. The molecule has 0 fully saturated rings. The highest BCUT2D eigenvalue weighted by Crippen LogP contribution is 2.33. The molecule has 2 aromatic rings. The summed E-state index contributed by atoms with van der Waals surface area (Å²) in [5.41, 5.74) is 1.11. The van der Waals surface area contributed by atoms with Gasteiger partial charge in [-0.1, -0.05) is 17.7 Å². The Balaban J connectivity index is 2.33. The maximum Gasteiger partial charge on any atom is 0.189 e. The zero-order chi connectivity index (χ0) is 18.4. The van der Waals surface area contributed by atoms with E-state index in [-0.39, 0.29) is 5.78 Å². The Kier molecular flexibility index (Phi) is 6.31. The van der Waals surface area contributed by atoms with Crippen LogP contribution in [0, 0.1) is 0 Å². The van der Waals surface area contributed by atoms with Crippen molar-refractivity contribution < 1.29 is 23.7 Å². The molecule has 0 aliphatic rings. The van der Waals surface area contributed by atoms with E-state index < -0.39 is 0 Å². The summed E-state index contributed by atoms with van der Waals surface area (Å²) in [5, 5.41) is 0.336. The quantitative estimate of drug-likeness (QED) is 0.544. The lowest BCUT2D eigenvalue weighted by atomic mass is 10.1. The van der Waals surface area contributed by atoms with Gasteiger partial charge in [0.15, 0.2) is 5.78 Å². The number of rotatable bonds is 7. The van der Waals surface area contributed by atoms with Gasteiger partial charge in [0, 0.05) is 12.1 Å². The minimum absolute atomic E-state index is 0.247. The maximum absolute atomic E-state index is 12.5. The average Bonchev–Trinajstić information content (AvgIpc) is 2.65. The van der Waals surface area contributed by atoms with Gasteiger partial charge in [-0.2, -0.15) is 0 Å². The van der Waals surface area contributed by atoms with Crippen LogP contribution in [-0.2, 0) is 0 Å². The second-order valence-electron chi connectivity index (χ2n) is 5.03. The van der Waals surface area contributed by atoms with Crippen LogP contribution in [0.15, 0.2) is 36.4 Å². The summed E-state index contributed by atoms with van der Waals surface area (Å²) in [6.45, 7) is 0. The van der Waals surface area contributed by atoms with Crippen molar-refractivity contribution >= 4 is 23.5 Å². The van der Waals surface area contributed by atoms with Crippen LogP contribution in [0.4, 0.5) is 0 Å². The Hall–Kier alpha value is -2.66. The number of methoxy groups -OCH3 is 4. The van der Waals surface area contributed by atoms with Gasteiger partial charge in [0.2, 0.25) is 0 Å². The highest BCUT2D eigenvalue weighted by atomic mass is 35.5. The molecule has 2 aromatic carbocycles. The van der Waals surface area contributed by atoms with Crippen molar-refractivity contribution in [2.45, 2.75) is 0 Å². The minimum Gasteiger partial charge on any atom is -0.497 e. The summed E-state index contributed by atoms with van der Waals surface area (Å²) in [4.78, 5) is 12.5. The van der Waals surface area contributed by atoms with Crippen LogP contribution < -0.4 is 18.9 Å². The summed E-state index contributed by atoms with van der Waals surface area (Å²) < 4.78 is 20.8. The lowest BCUT2D eigenvalue weighted by molar-refractivity contribution is 0.104. The second-order valence-corrected chi connectivity index (χ2v) is 5.44. The van der Waals surface area contributed by atoms with Crippen molar-refractivity contribution in [1.29, 1.82) is 0 Å². The molecule has 0 amide bonds. The number of hydrogen-bond donors (Lipinski definition) is 0. The molecule has 0 bridgehead atoms. The summed E-state index contributed by atoms with van der Waals surface area (Å²) in [6.07, 6.45) is 3.11. The lowest BCUT2D eigenvalue weighted by Gasteiger charge is -2.10. The van der Waals surface area contributed by atoms with Crippen molar-refractivity contribution in [3.63, 3.8) is 0 Å². The first-order valence-corrected chi connectivity index (χ1v) is 7.77. The third-order valence-corrected chi connectivity index (χ3v) is 3.84. The number of hydrogen-bond acceptors (Lipinski definition) is 5. The van der Waals surface area contributed by atoms with Crippen molar-refractivity contribution in [2.75, 3.05) is 28.4 Å². The highest BCUT2D eigenvalue weighted by Gasteiger charge is 2.14. The van der Waals surface area contributed by atoms with Crippen LogP contribution in [0.1, 0.15) is 15.9 Å². The topological polar surface area (TPSA) is 54.0 Å². The van der Waals surface area contributed by atoms with E-state index in [0.717, 1.165) is 5.56 Å². The SMILES string of the molecule is COc1cc(/C=C/C(=O)c2cc(Cl)c(OC)cc2OC)cc(OC)c1. The standard InChI is InChI=1S/C19H19ClO5/c1-22-13-7-12(8-14(9-13)23-2)5-6-17(21)15-10-16(20)19(25-4)11-18(15)24-3/h5-11H,1-4H3/b6-5+. The summed E-state index contributed by atoms with van der Waals surface area (Å²) in [7, 11) is 6.11. The van der Waals surface area contributed by atoms with E-state index in [1.165, 1.54) is 26.4 Å². The van der Waals surface area contributed by atoms with Gasteiger partial charge in [-0.3, -0.25) is 4.79 Å². The Morgan fingerprint density at radius 1 is 0.840 bits per heavy atom. The fraction of sp³-hybridized carbons (Fsp3) is 0.211. The molecule has 5 nitrogen and oxygen atoms in total. The number of halogens is 1. The zero-order valence-corrected chi connectivity index (χ0v) is 15.2. The van der Waals surface area contributed by atoms with E-state index in [9.17, 15) is 4.79 Å². The number of carbonyl (C=O) groups is 1. The molecule has 0 heterocycles. The lowest BCUT2D eigenvalue weighted by Crippen LogP contribution is -2.00. The van der Waals surface area contributed by atoms with E-state index in [1.807, 2.05) is 0 Å². The predicted molar refractivity (Wildman–Crippen MR) is 97.5 cm³/mol. The van der Waals surface area contributed by atoms with Crippen LogP contribution in [0.2, 0.25) is 5.02 Å². The highest BCUT2D eigenvalue weighted by molar-refractivity contribution is 6.32. The third kappa shape index (κ3) is 4.45. The molecule has 0 radical (unpaired) electrons. The van der Waals surface area contributed by atoms with Crippen molar-refractivity contribution in [1.82, 2.24) is 0 Å². The Morgan fingerprint density at radius 2 is 1.44 bits per heavy atom. The Morgan fingerprint density at radius 3 is 1.96 bits per heavy atom. The molecule has 0 saturated carbocycles. The summed E-state index contributed by atoms with van der Waals surface area (Å²) >= 11 is 6.11. The van der Waals surface area contributed by atoms with Crippen LogP contribution in [0.25, 0.3) is 6.08 Å². The molecule has 6 heteroatoms. The molecular formula is C19H19ClO5. The molecule has 0 spiro atoms. The first-order chi connectivity index (χ1) is 12.0. The van der Waals surface area contributed by atoms with Gasteiger partial charge in [-0.15, -0.1) is 0 Å². The first-order valence-electron chi connectivity index (χ1n) is 7.39. The van der Waals surface area contributed by atoms with E-state index >= 15 is 0 Å². The number of ketones is 1. The fourth-order valence-electron chi connectivity index (χ4n) is 2.24. The van der Waals surface area contributed by atoms with Crippen LogP contribution in [0.5, 0.6) is 23.0 Å². The van der Waals surface area contributed by atoms with Gasteiger partial charge < -0.3 is 18.9 Å². The summed E-state index contributed by atoms with van der Waals surface area (Å²) in [5.74, 6) is 1.85. The normalized spacial score (nSPS) is 10.6. The molecule has 25 heavy (non-hydrogen) atoms. The van der Waals surface area contributed by atoms with Crippen molar-refractivity contribution in [3.8, 4) is 23.0 Å². The van der Waals surface area contributed by atoms with Crippen molar-refractivity contribution in [2.24, 2.45) is 0 Å². The van der Waals surface area contributed by atoms with Crippen LogP contribution in [-0.4, -0.2) is 34.2 Å². The number of allylic oxidation sites excluding steroid dienone is 1. The number of carbonyl (C=O) groups excluding carboxylic acids is 1. The first kappa shape index (κ1) is 18.7. The number of ether oxygens (including phenoxy) is 4. The van der Waals surface area contributed by atoms with Gasteiger partial charge in [0.25, 0.3) is 0 Å². The van der Waals surface area contributed by atoms with Gasteiger partial charge in [-0.25, -0.2) is 0 Å². The predicted octanol–water partition coefficient (Wildman–Crippen LogP) is 4.27. The zero-order valence-electron chi connectivity index (χ0n) is 14.5. The molecule has 2 rings (SSSR count). The van der Waals surface area contributed by atoms with Gasteiger partial charge >= 0.3 is 0 Å². The van der Waals surface area contributed by atoms with Crippen LogP contribution in [0.3, 0.4) is 0 Å². The Bertz CT molecular complexity index is 776. The van der Waals surface area contributed by atoms with E-state index in [1.54, 1.807) is 44.6 Å². The molecule has 0 N–H and O–H groups in total. The van der Waals surface area contributed by atoms with Gasteiger partial charge in [0.05, 0.1) is 39.0 Å². The monoisotopic (exact) mass is 362 g/mol. The molecule has 0 aliphatic heterocycles. The molecule has 0 unspecified atom stereocenters. The molecule has 0 aliphatic carbocycles. The average molecular weight is 363 g/mol. The smallest absolute Gasteiger partial charge is 0.189 e. The van der Waals surface area contributed by atoms with E-state index in [0.29, 0.717) is 33.6 Å². The van der Waals surface area contributed by atoms with Gasteiger partial charge in [0.1, 0.15) is 23.0 Å². The largest absolute Gasteiger partial charge is 0.497 e.